The molecule has 0 radical (unpaired) electrons. The van der Waals surface area contributed by atoms with Crippen molar-refractivity contribution < 1.29 is 0 Å². The number of nitrogens with zero attached hydrogens (tertiary/aromatic N) is 3. The van der Waals surface area contributed by atoms with E-state index in [1.807, 2.05) is 0 Å². The predicted molar refractivity (Wildman–Crippen MR) is 367 cm³/mol. The van der Waals surface area contributed by atoms with Crippen molar-refractivity contribution in [2.45, 2.75) is 38.5 Å². The first-order valence-corrected chi connectivity index (χ1v) is 30.5. The molecule has 13 aromatic carbocycles. The number of benzene rings is 13. The molecule has 2 aliphatic carbocycles. The van der Waals surface area contributed by atoms with Gasteiger partial charge in [-0.15, -0.1) is 0 Å². The van der Waals surface area contributed by atoms with Gasteiger partial charge in [-0.1, -0.05) is 246 Å². The minimum atomic E-state index is -0.315. The monoisotopic (exact) mass is 1110 g/mol. The highest BCUT2D eigenvalue weighted by Gasteiger charge is 2.38. The Labute approximate surface area is 508 Å². The molecule has 87 heavy (non-hydrogen) atoms. The van der Waals surface area contributed by atoms with Crippen LogP contribution in [0.3, 0.4) is 0 Å². The summed E-state index contributed by atoms with van der Waals surface area (Å²) in [6, 6.07) is 111. The van der Waals surface area contributed by atoms with Gasteiger partial charge in [0, 0.05) is 66.4 Å². The number of rotatable bonds is 9. The topological polar surface area (TPSA) is 13.1 Å². The summed E-state index contributed by atoms with van der Waals surface area (Å²) in [5, 5.41) is 6.11. The SMILES string of the molecule is CC1(C)c2ccccc2-c2ccc(N(c3ccc4c(c3)C(C)(C)c3cc(-c5cccc6c5ccc5c(-c7ccccc7)c(-c7ccccc7)n(-c7ccc(-c8ccccc8)cc7)c56)ccc3-4)c3ccc4c(c3)c3ccccc3n4-c3ccccc3)cc21. The Balaban J connectivity index is 0.814. The first-order valence-electron chi connectivity index (χ1n) is 30.5. The van der Waals surface area contributed by atoms with Crippen LogP contribution >= 0.6 is 0 Å². The Morgan fingerprint density at radius 3 is 1.44 bits per heavy atom. The van der Waals surface area contributed by atoms with Crippen LogP contribution in [-0.2, 0) is 10.8 Å². The van der Waals surface area contributed by atoms with E-state index in [-0.39, 0.29) is 10.8 Å². The molecular formula is C84H61N3. The van der Waals surface area contributed by atoms with Crippen LogP contribution in [0.25, 0.3) is 122 Å². The Morgan fingerprint density at radius 2 is 0.736 bits per heavy atom. The molecule has 0 saturated heterocycles. The van der Waals surface area contributed by atoms with E-state index in [1.165, 1.54) is 133 Å². The molecule has 2 heterocycles. The molecule has 0 atom stereocenters. The number of hydrogen-bond acceptors (Lipinski definition) is 1. The quantitative estimate of drug-likeness (QED) is 0.140. The maximum Gasteiger partial charge on any atom is 0.0620 e. The third kappa shape index (κ3) is 7.75. The molecule has 0 spiro atoms. The van der Waals surface area contributed by atoms with Gasteiger partial charge in [-0.25, -0.2) is 0 Å². The second kappa shape index (κ2) is 19.4. The summed E-state index contributed by atoms with van der Waals surface area (Å²) in [6.07, 6.45) is 0. The van der Waals surface area contributed by atoms with Crippen LogP contribution in [0.5, 0.6) is 0 Å². The van der Waals surface area contributed by atoms with E-state index in [9.17, 15) is 0 Å². The summed E-state index contributed by atoms with van der Waals surface area (Å²) in [6.45, 7) is 9.61. The van der Waals surface area contributed by atoms with Gasteiger partial charge < -0.3 is 14.0 Å². The van der Waals surface area contributed by atoms with Gasteiger partial charge in [0.2, 0.25) is 0 Å². The second-order valence-corrected chi connectivity index (χ2v) is 24.8. The number of fused-ring (bicyclic) bond motifs is 12. The van der Waals surface area contributed by atoms with E-state index < -0.39 is 0 Å². The lowest BCUT2D eigenvalue weighted by molar-refractivity contribution is 0.660. The molecule has 15 aromatic rings. The zero-order valence-corrected chi connectivity index (χ0v) is 49.1. The molecule has 412 valence electrons. The zero-order valence-electron chi connectivity index (χ0n) is 49.1. The normalized spacial score (nSPS) is 13.5. The zero-order chi connectivity index (χ0) is 58.1. The first kappa shape index (κ1) is 50.7. The molecular weight excluding hydrogens is 1050 g/mol. The minimum absolute atomic E-state index is 0.161. The van der Waals surface area contributed by atoms with Crippen LogP contribution in [0, 0.1) is 0 Å². The Kier molecular flexibility index (Phi) is 11.3. The van der Waals surface area contributed by atoms with Crippen molar-refractivity contribution in [3.8, 4) is 78.3 Å². The van der Waals surface area contributed by atoms with Crippen molar-refractivity contribution in [2.24, 2.45) is 0 Å². The number of aromatic nitrogens is 2. The number of hydrogen-bond donors (Lipinski definition) is 0. The third-order valence-corrected chi connectivity index (χ3v) is 19.3. The average Bonchev–Trinajstić information content (AvgIpc) is 1.64. The van der Waals surface area contributed by atoms with Gasteiger partial charge in [0.25, 0.3) is 0 Å². The molecule has 0 N–H and O–H groups in total. The van der Waals surface area contributed by atoms with Gasteiger partial charge >= 0.3 is 0 Å². The largest absolute Gasteiger partial charge is 0.310 e. The van der Waals surface area contributed by atoms with Crippen molar-refractivity contribution in [1.82, 2.24) is 9.13 Å². The van der Waals surface area contributed by atoms with Crippen molar-refractivity contribution in [2.75, 3.05) is 4.90 Å². The standard InChI is InChI=1S/C84H61N3/c1-83(2)74-34-19-17-30-66(74)68-45-41-62(52-76(68)83)85(61-43-49-79-73(51-61)70-31-18-20-35-78(70)86(79)59-28-15-8-16-29-59)63-42-46-69-67-44-38-58(50-75(67)84(3,4)77(69)53-63)64-32-21-33-71-65(64)47-48-72-80(56-24-11-6-12-25-56)81(57-26-13-7-14-27-57)87(82(71)72)60-39-36-55(37-40-60)54-22-9-5-10-23-54/h5-53H,1-4H3. The fourth-order valence-corrected chi connectivity index (χ4v) is 15.1. The molecule has 0 unspecified atom stereocenters. The van der Waals surface area contributed by atoms with Crippen LogP contribution in [-0.4, -0.2) is 9.13 Å². The predicted octanol–water partition coefficient (Wildman–Crippen LogP) is 22.6. The molecule has 2 aliphatic rings. The van der Waals surface area contributed by atoms with E-state index in [1.54, 1.807) is 0 Å². The highest BCUT2D eigenvalue weighted by Crippen LogP contribution is 2.55. The van der Waals surface area contributed by atoms with Crippen LogP contribution in [0.2, 0.25) is 0 Å². The molecule has 0 bridgehead atoms. The first-order chi connectivity index (χ1) is 42.7. The molecule has 0 aliphatic heterocycles. The number of para-hydroxylation sites is 2. The highest BCUT2D eigenvalue weighted by atomic mass is 15.1. The minimum Gasteiger partial charge on any atom is -0.310 e. The van der Waals surface area contributed by atoms with Gasteiger partial charge in [0.1, 0.15) is 0 Å². The van der Waals surface area contributed by atoms with Crippen molar-refractivity contribution in [3.63, 3.8) is 0 Å². The van der Waals surface area contributed by atoms with Gasteiger partial charge in [0.15, 0.2) is 0 Å². The molecule has 0 saturated carbocycles. The molecule has 17 rings (SSSR count). The number of anilines is 3. The lowest BCUT2D eigenvalue weighted by Gasteiger charge is -2.30. The van der Waals surface area contributed by atoms with E-state index in [0.717, 1.165) is 28.4 Å². The summed E-state index contributed by atoms with van der Waals surface area (Å²) in [5.41, 5.74) is 29.0. The molecule has 3 heteroatoms. The average molecular weight is 1110 g/mol. The van der Waals surface area contributed by atoms with Crippen LogP contribution in [0.4, 0.5) is 17.1 Å². The van der Waals surface area contributed by atoms with Crippen LogP contribution < -0.4 is 4.90 Å². The summed E-state index contributed by atoms with van der Waals surface area (Å²) in [7, 11) is 0. The van der Waals surface area contributed by atoms with E-state index in [2.05, 4.69) is 339 Å². The van der Waals surface area contributed by atoms with E-state index in [0.29, 0.717) is 0 Å². The molecule has 0 fully saturated rings. The van der Waals surface area contributed by atoms with Gasteiger partial charge in [-0.05, 0) is 162 Å². The fraction of sp³-hybridized carbons (Fsp3) is 0.0714. The summed E-state index contributed by atoms with van der Waals surface area (Å²) < 4.78 is 4.93. The second-order valence-electron chi connectivity index (χ2n) is 24.8. The fourth-order valence-electron chi connectivity index (χ4n) is 15.1. The Hall–Kier alpha value is -10.7. The lowest BCUT2D eigenvalue weighted by Crippen LogP contribution is -2.18. The molecule has 0 amide bonds. The maximum absolute atomic E-state index is 2.53. The van der Waals surface area contributed by atoms with Crippen LogP contribution in [0.15, 0.2) is 297 Å². The van der Waals surface area contributed by atoms with Crippen molar-refractivity contribution in [1.29, 1.82) is 0 Å². The maximum atomic E-state index is 2.53. The molecule has 3 nitrogen and oxygen atoms in total. The van der Waals surface area contributed by atoms with E-state index in [4.69, 9.17) is 0 Å². The van der Waals surface area contributed by atoms with Gasteiger partial charge in [-0.3, -0.25) is 0 Å². The lowest BCUT2D eigenvalue weighted by atomic mass is 9.81. The molecule has 2 aromatic heterocycles. The van der Waals surface area contributed by atoms with Gasteiger partial charge in [-0.2, -0.15) is 0 Å². The summed E-state index contributed by atoms with van der Waals surface area (Å²) in [5.74, 6) is 0. The Bertz CT molecular complexity index is 5240. The summed E-state index contributed by atoms with van der Waals surface area (Å²) in [4.78, 5) is 2.51. The van der Waals surface area contributed by atoms with Gasteiger partial charge in [0.05, 0.1) is 22.2 Å². The third-order valence-electron chi connectivity index (χ3n) is 19.3. The smallest absolute Gasteiger partial charge is 0.0620 e. The highest BCUT2D eigenvalue weighted by molar-refractivity contribution is 6.18. The Morgan fingerprint density at radius 1 is 0.264 bits per heavy atom. The van der Waals surface area contributed by atoms with Crippen molar-refractivity contribution in [3.05, 3.63) is 320 Å². The summed E-state index contributed by atoms with van der Waals surface area (Å²) >= 11 is 0. The van der Waals surface area contributed by atoms with Crippen molar-refractivity contribution >= 4 is 60.5 Å². The van der Waals surface area contributed by atoms with E-state index >= 15 is 0 Å². The van der Waals surface area contributed by atoms with Crippen LogP contribution in [0.1, 0.15) is 49.9 Å².